The Bertz CT molecular complexity index is 433. The third-order valence-corrected chi connectivity index (χ3v) is 2.89. The molecule has 0 spiro atoms. The summed E-state index contributed by atoms with van der Waals surface area (Å²) in [4.78, 5) is 19.1. The predicted molar refractivity (Wildman–Crippen MR) is 60.7 cm³/mol. The Kier molecular flexibility index (Phi) is 4.19. The summed E-state index contributed by atoms with van der Waals surface area (Å²) in [6.07, 6.45) is 2.62. The van der Waals surface area contributed by atoms with Crippen LogP contribution in [0.1, 0.15) is 41.9 Å². The van der Waals surface area contributed by atoms with Crippen molar-refractivity contribution in [2.24, 2.45) is 0 Å². The molecule has 0 amide bonds. The van der Waals surface area contributed by atoms with E-state index in [0.717, 1.165) is 0 Å². The lowest BCUT2D eigenvalue weighted by Crippen LogP contribution is -2.19. The number of carbonyl (C=O) groups excluding carboxylic acids is 1. The molecule has 0 saturated carbocycles. The maximum absolute atomic E-state index is 14.2. The average Bonchev–Trinajstić information content (AvgIpc) is 2.40. The van der Waals surface area contributed by atoms with Gasteiger partial charge in [-0.05, 0) is 19.8 Å². The molecule has 0 aliphatic carbocycles. The predicted octanol–water partition coefficient (Wildman–Crippen LogP) is 1.69. The number of ether oxygens (including phenoxy) is 2. The summed E-state index contributed by atoms with van der Waals surface area (Å²) in [5.74, 6) is -1.43. The van der Waals surface area contributed by atoms with Gasteiger partial charge in [-0.3, -0.25) is 0 Å². The van der Waals surface area contributed by atoms with Crippen molar-refractivity contribution < 1.29 is 18.7 Å². The van der Waals surface area contributed by atoms with Gasteiger partial charge in [-0.25, -0.2) is 19.2 Å². The first-order valence-electron chi connectivity index (χ1n) is 5.99. The Morgan fingerprint density at radius 3 is 2.89 bits per heavy atom. The van der Waals surface area contributed by atoms with Gasteiger partial charge < -0.3 is 9.47 Å². The van der Waals surface area contributed by atoms with E-state index in [2.05, 4.69) is 9.97 Å². The normalized spacial score (nSPS) is 16.6. The number of rotatable bonds is 3. The van der Waals surface area contributed by atoms with Crippen LogP contribution in [0.4, 0.5) is 4.39 Å². The highest BCUT2D eigenvalue weighted by Gasteiger charge is 2.25. The standard InChI is InChI=1S/C12H15FN2O3/c1-2-18-12(16)11-9(13)10(14-7-15-11)8-3-5-17-6-4-8/h7-8H,2-6H2,1H3. The van der Waals surface area contributed by atoms with Gasteiger partial charge in [0.05, 0.1) is 12.3 Å². The van der Waals surface area contributed by atoms with Gasteiger partial charge in [0.15, 0.2) is 11.5 Å². The summed E-state index contributed by atoms with van der Waals surface area (Å²) in [5.41, 5.74) is 0.00435. The number of esters is 1. The van der Waals surface area contributed by atoms with Crippen molar-refractivity contribution >= 4 is 5.97 Å². The number of nitrogens with zero attached hydrogens (tertiary/aromatic N) is 2. The number of carbonyl (C=O) groups is 1. The van der Waals surface area contributed by atoms with E-state index in [1.165, 1.54) is 6.33 Å². The van der Waals surface area contributed by atoms with Crippen LogP contribution in [0.25, 0.3) is 0 Å². The van der Waals surface area contributed by atoms with Gasteiger partial charge in [0.1, 0.15) is 6.33 Å². The van der Waals surface area contributed by atoms with Crippen molar-refractivity contribution in [2.45, 2.75) is 25.7 Å². The van der Waals surface area contributed by atoms with Crippen LogP contribution >= 0.6 is 0 Å². The first kappa shape index (κ1) is 12.9. The summed E-state index contributed by atoms with van der Waals surface area (Å²) in [6.45, 7) is 3.02. The molecule has 1 aliphatic rings. The number of hydrogen-bond donors (Lipinski definition) is 0. The minimum Gasteiger partial charge on any atom is -0.461 e. The van der Waals surface area contributed by atoms with Crippen LogP contribution in [-0.4, -0.2) is 35.8 Å². The molecule has 1 aromatic rings. The Balaban J connectivity index is 2.26. The van der Waals surface area contributed by atoms with Crippen LogP contribution in [0.3, 0.4) is 0 Å². The van der Waals surface area contributed by atoms with Gasteiger partial charge >= 0.3 is 5.97 Å². The van der Waals surface area contributed by atoms with E-state index in [4.69, 9.17) is 9.47 Å². The molecule has 2 heterocycles. The highest BCUT2D eigenvalue weighted by Crippen LogP contribution is 2.27. The van der Waals surface area contributed by atoms with Crippen molar-refractivity contribution in [3.8, 4) is 0 Å². The fraction of sp³-hybridized carbons (Fsp3) is 0.583. The van der Waals surface area contributed by atoms with E-state index in [9.17, 15) is 9.18 Å². The first-order valence-corrected chi connectivity index (χ1v) is 5.99. The SMILES string of the molecule is CCOC(=O)c1ncnc(C2CCOCC2)c1F. The highest BCUT2D eigenvalue weighted by atomic mass is 19.1. The van der Waals surface area contributed by atoms with Crippen LogP contribution < -0.4 is 0 Å². The summed E-state index contributed by atoms with van der Waals surface area (Å²) in [5, 5.41) is 0. The third kappa shape index (κ3) is 2.64. The maximum atomic E-state index is 14.2. The van der Waals surface area contributed by atoms with Crippen molar-refractivity contribution in [1.82, 2.24) is 9.97 Å². The molecule has 0 aromatic carbocycles. The van der Waals surface area contributed by atoms with Gasteiger partial charge in [-0.2, -0.15) is 0 Å². The maximum Gasteiger partial charge on any atom is 0.360 e. The van der Waals surface area contributed by atoms with Crippen LogP contribution in [-0.2, 0) is 9.47 Å². The quantitative estimate of drug-likeness (QED) is 0.768. The van der Waals surface area contributed by atoms with E-state index < -0.39 is 11.8 Å². The highest BCUT2D eigenvalue weighted by molar-refractivity contribution is 5.87. The number of halogens is 1. The zero-order chi connectivity index (χ0) is 13.0. The lowest BCUT2D eigenvalue weighted by molar-refractivity contribution is 0.0512. The summed E-state index contributed by atoms with van der Waals surface area (Å²) < 4.78 is 24.1. The molecule has 0 unspecified atom stereocenters. The van der Waals surface area contributed by atoms with Gasteiger partial charge in [0.25, 0.3) is 0 Å². The summed E-state index contributed by atoms with van der Waals surface area (Å²) >= 11 is 0. The molecule has 0 bridgehead atoms. The van der Waals surface area contributed by atoms with Gasteiger partial charge in [0, 0.05) is 19.1 Å². The largest absolute Gasteiger partial charge is 0.461 e. The second-order valence-electron chi connectivity index (χ2n) is 4.03. The molecule has 5 nitrogen and oxygen atoms in total. The molecule has 0 atom stereocenters. The molecule has 0 N–H and O–H groups in total. The molecule has 2 rings (SSSR count). The van der Waals surface area contributed by atoms with E-state index in [1.54, 1.807) is 6.92 Å². The molecule has 1 aromatic heterocycles. The molecule has 98 valence electrons. The number of hydrogen-bond acceptors (Lipinski definition) is 5. The van der Waals surface area contributed by atoms with Crippen LogP contribution in [0.15, 0.2) is 6.33 Å². The second-order valence-corrected chi connectivity index (χ2v) is 4.03. The monoisotopic (exact) mass is 254 g/mol. The fourth-order valence-electron chi connectivity index (χ4n) is 1.98. The van der Waals surface area contributed by atoms with Crippen LogP contribution in [0.2, 0.25) is 0 Å². The van der Waals surface area contributed by atoms with Gasteiger partial charge in [-0.15, -0.1) is 0 Å². The minimum absolute atomic E-state index is 0.0186. The van der Waals surface area contributed by atoms with E-state index in [-0.39, 0.29) is 23.9 Å². The van der Waals surface area contributed by atoms with E-state index >= 15 is 0 Å². The van der Waals surface area contributed by atoms with Crippen molar-refractivity contribution in [3.63, 3.8) is 0 Å². The topological polar surface area (TPSA) is 61.3 Å². The molecule has 6 heteroatoms. The summed E-state index contributed by atoms with van der Waals surface area (Å²) in [7, 11) is 0. The first-order chi connectivity index (χ1) is 8.74. The Morgan fingerprint density at radius 1 is 1.50 bits per heavy atom. The lowest BCUT2D eigenvalue weighted by Gasteiger charge is -2.21. The molecule has 18 heavy (non-hydrogen) atoms. The molecule has 1 saturated heterocycles. The smallest absolute Gasteiger partial charge is 0.360 e. The van der Waals surface area contributed by atoms with E-state index in [1.807, 2.05) is 0 Å². The average molecular weight is 254 g/mol. The Morgan fingerprint density at radius 2 is 2.22 bits per heavy atom. The van der Waals surface area contributed by atoms with Crippen molar-refractivity contribution in [3.05, 3.63) is 23.5 Å². The molecule has 1 aliphatic heterocycles. The van der Waals surface area contributed by atoms with Gasteiger partial charge in [-0.1, -0.05) is 0 Å². The van der Waals surface area contributed by atoms with E-state index in [0.29, 0.717) is 26.1 Å². The van der Waals surface area contributed by atoms with Crippen LogP contribution in [0.5, 0.6) is 0 Å². The Labute approximate surface area is 104 Å². The molecular weight excluding hydrogens is 239 g/mol. The fourth-order valence-corrected chi connectivity index (χ4v) is 1.98. The van der Waals surface area contributed by atoms with Crippen molar-refractivity contribution in [2.75, 3.05) is 19.8 Å². The molecule has 0 radical (unpaired) electrons. The molecular formula is C12H15FN2O3. The Hall–Kier alpha value is -1.56. The minimum atomic E-state index is -0.745. The van der Waals surface area contributed by atoms with Crippen molar-refractivity contribution in [1.29, 1.82) is 0 Å². The summed E-state index contributed by atoms with van der Waals surface area (Å²) in [6, 6.07) is 0. The van der Waals surface area contributed by atoms with Crippen LogP contribution in [0, 0.1) is 5.82 Å². The zero-order valence-corrected chi connectivity index (χ0v) is 10.2. The van der Waals surface area contributed by atoms with Gasteiger partial charge in [0.2, 0.25) is 0 Å². The lowest BCUT2D eigenvalue weighted by atomic mass is 9.95. The molecule has 1 fully saturated rings. The third-order valence-electron chi connectivity index (χ3n) is 2.89. The second kappa shape index (κ2) is 5.86. The number of aromatic nitrogens is 2. The zero-order valence-electron chi connectivity index (χ0n) is 10.2.